The molecule has 0 aromatic carbocycles. The number of nitrogens with zero attached hydrogens (tertiary/aromatic N) is 1. The van der Waals surface area contributed by atoms with Crippen LogP contribution in [0.1, 0.15) is 39.0 Å². The molecule has 2 atom stereocenters. The summed E-state index contributed by atoms with van der Waals surface area (Å²) in [6.07, 6.45) is 6.77. The number of hydrogen-bond acceptors (Lipinski definition) is 1. The Balaban J connectivity index is 1.96. The Morgan fingerprint density at radius 3 is 2.45 bits per heavy atom. The van der Waals surface area contributed by atoms with E-state index in [0.717, 1.165) is 11.8 Å². The SMILES string of the molecule is CC1(C#N)CC1C1CCCC1. The molecule has 0 aromatic rings. The summed E-state index contributed by atoms with van der Waals surface area (Å²) in [5.74, 6) is 1.66. The fourth-order valence-corrected chi connectivity index (χ4v) is 2.57. The minimum atomic E-state index is 0.0784. The first-order valence-corrected chi connectivity index (χ1v) is 4.67. The molecule has 0 N–H and O–H groups in total. The van der Waals surface area contributed by atoms with Gasteiger partial charge in [-0.15, -0.1) is 0 Å². The van der Waals surface area contributed by atoms with Crippen molar-refractivity contribution < 1.29 is 0 Å². The first-order valence-electron chi connectivity index (χ1n) is 4.67. The summed E-state index contributed by atoms with van der Waals surface area (Å²) >= 11 is 0. The molecular formula is C10H15N. The standard InChI is InChI=1S/C10H15N/c1-10(7-11)6-9(10)8-4-2-3-5-8/h8-9H,2-6H2,1H3. The smallest absolute Gasteiger partial charge is 0.0689 e. The van der Waals surface area contributed by atoms with Crippen LogP contribution in [0, 0.1) is 28.6 Å². The molecule has 0 aliphatic heterocycles. The average Bonchev–Trinajstić information content (AvgIpc) is 2.53. The van der Waals surface area contributed by atoms with E-state index in [1.165, 1.54) is 32.1 Å². The van der Waals surface area contributed by atoms with Crippen molar-refractivity contribution in [3.63, 3.8) is 0 Å². The van der Waals surface area contributed by atoms with Gasteiger partial charge in [0.1, 0.15) is 0 Å². The van der Waals surface area contributed by atoms with Gasteiger partial charge >= 0.3 is 0 Å². The van der Waals surface area contributed by atoms with E-state index < -0.39 is 0 Å². The molecule has 0 amide bonds. The predicted molar refractivity (Wildman–Crippen MR) is 43.8 cm³/mol. The topological polar surface area (TPSA) is 23.8 Å². The maximum atomic E-state index is 8.85. The van der Waals surface area contributed by atoms with Crippen molar-refractivity contribution in [1.29, 1.82) is 5.26 Å². The molecule has 2 fully saturated rings. The lowest BCUT2D eigenvalue weighted by molar-refractivity contribution is 0.428. The van der Waals surface area contributed by atoms with E-state index in [9.17, 15) is 0 Å². The largest absolute Gasteiger partial charge is 0.198 e. The third-order valence-electron chi connectivity index (χ3n) is 3.53. The van der Waals surface area contributed by atoms with Crippen LogP contribution < -0.4 is 0 Å². The maximum Gasteiger partial charge on any atom is 0.0689 e. The lowest BCUT2D eigenvalue weighted by Gasteiger charge is -2.08. The molecule has 11 heavy (non-hydrogen) atoms. The number of hydrogen-bond donors (Lipinski definition) is 0. The fourth-order valence-electron chi connectivity index (χ4n) is 2.57. The molecule has 2 rings (SSSR count). The van der Waals surface area contributed by atoms with Crippen LogP contribution in [0.2, 0.25) is 0 Å². The van der Waals surface area contributed by atoms with Gasteiger partial charge in [-0.2, -0.15) is 5.26 Å². The summed E-state index contributed by atoms with van der Waals surface area (Å²) in [4.78, 5) is 0. The zero-order valence-electron chi connectivity index (χ0n) is 7.14. The van der Waals surface area contributed by atoms with Crippen molar-refractivity contribution >= 4 is 0 Å². The number of rotatable bonds is 1. The van der Waals surface area contributed by atoms with E-state index in [1.54, 1.807) is 0 Å². The van der Waals surface area contributed by atoms with Gasteiger partial charge in [-0.1, -0.05) is 25.7 Å². The van der Waals surface area contributed by atoms with Gasteiger partial charge in [-0.05, 0) is 25.2 Å². The lowest BCUT2D eigenvalue weighted by Crippen LogP contribution is -2.03. The van der Waals surface area contributed by atoms with Gasteiger partial charge in [0.25, 0.3) is 0 Å². The highest BCUT2D eigenvalue weighted by molar-refractivity contribution is 5.15. The van der Waals surface area contributed by atoms with Gasteiger partial charge in [0, 0.05) is 0 Å². The van der Waals surface area contributed by atoms with Gasteiger partial charge in [-0.25, -0.2) is 0 Å². The van der Waals surface area contributed by atoms with Crippen molar-refractivity contribution in [3.8, 4) is 6.07 Å². The van der Waals surface area contributed by atoms with Crippen molar-refractivity contribution in [3.05, 3.63) is 0 Å². The van der Waals surface area contributed by atoms with Crippen LogP contribution in [0.5, 0.6) is 0 Å². The van der Waals surface area contributed by atoms with Gasteiger partial charge in [0.05, 0.1) is 11.5 Å². The lowest BCUT2D eigenvalue weighted by atomic mass is 9.96. The summed E-state index contributed by atoms with van der Waals surface area (Å²) in [6, 6.07) is 2.44. The predicted octanol–water partition coefficient (Wildman–Crippen LogP) is 2.73. The van der Waals surface area contributed by atoms with Crippen LogP contribution in [0.3, 0.4) is 0 Å². The molecule has 2 saturated carbocycles. The van der Waals surface area contributed by atoms with Crippen LogP contribution in [0.15, 0.2) is 0 Å². The van der Waals surface area contributed by atoms with Crippen LogP contribution >= 0.6 is 0 Å². The maximum absolute atomic E-state index is 8.85. The van der Waals surface area contributed by atoms with Gasteiger partial charge in [0.2, 0.25) is 0 Å². The average molecular weight is 149 g/mol. The second-order valence-corrected chi connectivity index (χ2v) is 4.38. The molecule has 0 saturated heterocycles. The van der Waals surface area contributed by atoms with Crippen LogP contribution in [-0.2, 0) is 0 Å². The summed E-state index contributed by atoms with van der Waals surface area (Å²) in [7, 11) is 0. The van der Waals surface area contributed by atoms with Crippen LogP contribution in [0.25, 0.3) is 0 Å². The Morgan fingerprint density at radius 1 is 1.36 bits per heavy atom. The number of nitriles is 1. The zero-order valence-corrected chi connectivity index (χ0v) is 7.14. The molecular weight excluding hydrogens is 134 g/mol. The molecule has 0 radical (unpaired) electrons. The quantitative estimate of drug-likeness (QED) is 0.562. The first-order chi connectivity index (χ1) is 5.26. The van der Waals surface area contributed by atoms with E-state index in [-0.39, 0.29) is 5.41 Å². The third-order valence-corrected chi connectivity index (χ3v) is 3.53. The Bertz CT molecular complexity index is 197. The van der Waals surface area contributed by atoms with E-state index in [0.29, 0.717) is 0 Å². The molecule has 0 bridgehead atoms. The highest BCUT2D eigenvalue weighted by Crippen LogP contribution is 2.59. The summed E-state index contributed by atoms with van der Waals surface area (Å²) in [5, 5.41) is 8.85. The molecule has 2 unspecified atom stereocenters. The van der Waals surface area contributed by atoms with Crippen LogP contribution in [-0.4, -0.2) is 0 Å². The van der Waals surface area contributed by atoms with E-state index in [1.807, 2.05) is 0 Å². The minimum absolute atomic E-state index is 0.0784. The Labute approximate surface area is 68.4 Å². The van der Waals surface area contributed by atoms with Crippen molar-refractivity contribution in [1.82, 2.24) is 0 Å². The highest BCUT2D eigenvalue weighted by Gasteiger charge is 2.54. The van der Waals surface area contributed by atoms with Crippen molar-refractivity contribution in [2.24, 2.45) is 17.3 Å². The molecule has 0 aromatic heterocycles. The van der Waals surface area contributed by atoms with E-state index >= 15 is 0 Å². The Hall–Kier alpha value is -0.510. The van der Waals surface area contributed by atoms with Gasteiger partial charge in [0.15, 0.2) is 0 Å². The molecule has 60 valence electrons. The van der Waals surface area contributed by atoms with Crippen molar-refractivity contribution in [2.45, 2.75) is 39.0 Å². The Kier molecular flexibility index (Phi) is 1.45. The second kappa shape index (κ2) is 2.24. The van der Waals surface area contributed by atoms with Crippen molar-refractivity contribution in [2.75, 3.05) is 0 Å². The minimum Gasteiger partial charge on any atom is -0.198 e. The summed E-state index contributed by atoms with van der Waals surface area (Å²) < 4.78 is 0. The fraction of sp³-hybridized carbons (Fsp3) is 0.900. The molecule has 0 spiro atoms. The molecule has 2 aliphatic carbocycles. The van der Waals surface area contributed by atoms with Crippen LogP contribution in [0.4, 0.5) is 0 Å². The van der Waals surface area contributed by atoms with E-state index in [2.05, 4.69) is 13.0 Å². The Morgan fingerprint density at radius 2 is 2.00 bits per heavy atom. The third kappa shape index (κ3) is 1.05. The van der Waals surface area contributed by atoms with E-state index in [4.69, 9.17) is 5.26 Å². The summed E-state index contributed by atoms with van der Waals surface area (Å²) in [6.45, 7) is 2.12. The van der Waals surface area contributed by atoms with Gasteiger partial charge < -0.3 is 0 Å². The monoisotopic (exact) mass is 149 g/mol. The molecule has 0 heterocycles. The van der Waals surface area contributed by atoms with Gasteiger partial charge in [-0.3, -0.25) is 0 Å². The zero-order chi connectivity index (χ0) is 7.90. The summed E-state index contributed by atoms with van der Waals surface area (Å²) in [5.41, 5.74) is 0.0784. The first kappa shape index (κ1) is 7.16. The normalized spacial score (nSPS) is 43.8. The second-order valence-electron chi connectivity index (χ2n) is 4.38. The molecule has 2 aliphatic rings. The molecule has 1 nitrogen and oxygen atoms in total. The highest BCUT2D eigenvalue weighted by atomic mass is 14.6. The molecule has 1 heteroatoms.